The number of methoxy groups -OCH3 is 1. The third-order valence-electron chi connectivity index (χ3n) is 7.33. The van der Waals surface area contributed by atoms with E-state index in [0.717, 1.165) is 54.7 Å². The van der Waals surface area contributed by atoms with Crippen LogP contribution in [0.4, 0.5) is 0 Å². The first-order valence-corrected chi connectivity index (χ1v) is 12.4. The third kappa shape index (κ3) is 4.38. The molecular weight excluding hydrogens is 432 g/mol. The number of hydrogen-bond donors (Lipinski definition) is 2. The molecule has 5 rings (SSSR count). The van der Waals surface area contributed by atoms with E-state index in [-0.39, 0.29) is 11.5 Å². The van der Waals surface area contributed by atoms with Crippen LogP contribution in [-0.4, -0.2) is 48.2 Å². The van der Waals surface area contributed by atoms with E-state index in [1.807, 2.05) is 18.2 Å². The Hall–Kier alpha value is -3.41. The van der Waals surface area contributed by atoms with Crippen molar-refractivity contribution < 1.29 is 4.74 Å². The van der Waals surface area contributed by atoms with E-state index in [0.29, 0.717) is 0 Å². The number of rotatable bonds is 7. The summed E-state index contributed by atoms with van der Waals surface area (Å²) in [5, 5.41) is 3.53. The van der Waals surface area contributed by atoms with Gasteiger partial charge in [-0.05, 0) is 37.1 Å². The molecule has 0 aliphatic carbocycles. The maximum Gasteiger partial charge on any atom is 0.141 e. The summed E-state index contributed by atoms with van der Waals surface area (Å²) in [7, 11) is 1.71. The quantitative estimate of drug-likeness (QED) is 0.386. The van der Waals surface area contributed by atoms with Gasteiger partial charge in [0.2, 0.25) is 0 Å². The average Bonchev–Trinajstić information content (AvgIpc) is 3.32. The van der Waals surface area contributed by atoms with Crippen LogP contribution in [0.1, 0.15) is 35.4 Å². The first kappa shape index (κ1) is 23.3. The Labute approximate surface area is 208 Å². The van der Waals surface area contributed by atoms with Gasteiger partial charge in [-0.3, -0.25) is 4.90 Å². The molecule has 5 nitrogen and oxygen atoms in total. The summed E-state index contributed by atoms with van der Waals surface area (Å²) in [4.78, 5) is 11.5. The second kappa shape index (κ2) is 10.1. The Morgan fingerprint density at radius 2 is 1.43 bits per heavy atom. The van der Waals surface area contributed by atoms with Crippen LogP contribution < -0.4 is 10.1 Å². The molecule has 1 aromatic heterocycles. The molecule has 35 heavy (non-hydrogen) atoms. The lowest BCUT2D eigenvalue weighted by atomic mass is 9.72. The number of benzene rings is 3. The van der Waals surface area contributed by atoms with Crippen LogP contribution in [0.25, 0.3) is 11.4 Å². The highest BCUT2D eigenvalue weighted by molar-refractivity contribution is 5.65. The van der Waals surface area contributed by atoms with E-state index in [9.17, 15) is 0 Å². The zero-order valence-electron chi connectivity index (χ0n) is 20.8. The van der Waals surface area contributed by atoms with Gasteiger partial charge in [0, 0.05) is 37.8 Å². The number of imidazole rings is 1. The van der Waals surface area contributed by atoms with E-state index in [1.165, 1.54) is 11.1 Å². The second-order valence-corrected chi connectivity index (χ2v) is 9.40. The molecule has 1 unspecified atom stereocenters. The fourth-order valence-electron chi connectivity index (χ4n) is 5.65. The molecular formula is C30H34N4O. The van der Waals surface area contributed by atoms with Crippen molar-refractivity contribution in [3.05, 3.63) is 107 Å². The number of ether oxygens (including phenoxy) is 1. The minimum atomic E-state index is -0.369. The predicted molar refractivity (Wildman–Crippen MR) is 142 cm³/mol. The smallest absolute Gasteiger partial charge is 0.141 e. The number of para-hydroxylation sites is 1. The highest BCUT2D eigenvalue weighted by Crippen LogP contribution is 2.47. The van der Waals surface area contributed by atoms with Crippen molar-refractivity contribution in [2.75, 3.05) is 33.3 Å². The molecule has 5 heteroatoms. The molecule has 2 heterocycles. The molecule has 2 N–H and O–H groups in total. The fourth-order valence-corrected chi connectivity index (χ4v) is 5.65. The summed E-state index contributed by atoms with van der Waals surface area (Å²) < 4.78 is 5.66. The van der Waals surface area contributed by atoms with E-state index in [2.05, 4.69) is 95.8 Å². The molecule has 1 saturated heterocycles. The summed E-state index contributed by atoms with van der Waals surface area (Å²) in [6, 6.07) is 29.8. The highest BCUT2D eigenvalue weighted by Gasteiger charge is 2.46. The number of aromatic amines is 1. The maximum absolute atomic E-state index is 5.66. The second-order valence-electron chi connectivity index (χ2n) is 9.40. The van der Waals surface area contributed by atoms with Crippen molar-refractivity contribution in [3.8, 4) is 17.1 Å². The molecule has 0 bridgehead atoms. The SMILES string of the molecule is COc1ccccc1-c1nc(C(C)(C(c2ccccc2)c2ccccc2)N2CCNCC2)c(C)[nH]1. The third-order valence-corrected chi connectivity index (χ3v) is 7.33. The van der Waals surface area contributed by atoms with Crippen LogP contribution in [0.5, 0.6) is 5.75 Å². The average molecular weight is 467 g/mol. The molecule has 0 amide bonds. The van der Waals surface area contributed by atoms with Crippen molar-refractivity contribution in [2.45, 2.75) is 25.3 Å². The lowest BCUT2D eigenvalue weighted by Crippen LogP contribution is -2.56. The Balaban J connectivity index is 1.72. The summed E-state index contributed by atoms with van der Waals surface area (Å²) in [5.74, 6) is 1.77. The molecule has 180 valence electrons. The Morgan fingerprint density at radius 1 is 0.857 bits per heavy atom. The number of nitrogens with one attached hydrogen (secondary N) is 2. The van der Waals surface area contributed by atoms with E-state index in [4.69, 9.17) is 9.72 Å². The lowest BCUT2D eigenvalue weighted by molar-refractivity contribution is 0.0673. The van der Waals surface area contributed by atoms with E-state index >= 15 is 0 Å². The van der Waals surface area contributed by atoms with Gasteiger partial charge in [0.1, 0.15) is 11.6 Å². The number of aromatic nitrogens is 2. The van der Waals surface area contributed by atoms with Crippen LogP contribution >= 0.6 is 0 Å². The number of hydrogen-bond acceptors (Lipinski definition) is 4. The van der Waals surface area contributed by atoms with Crippen molar-refractivity contribution in [2.24, 2.45) is 0 Å². The van der Waals surface area contributed by atoms with Gasteiger partial charge in [-0.15, -0.1) is 0 Å². The molecule has 0 spiro atoms. The van der Waals surface area contributed by atoms with Crippen molar-refractivity contribution >= 4 is 0 Å². The van der Waals surface area contributed by atoms with E-state index in [1.54, 1.807) is 7.11 Å². The van der Waals surface area contributed by atoms with Crippen LogP contribution in [-0.2, 0) is 5.54 Å². The normalized spacial score (nSPS) is 16.2. The van der Waals surface area contributed by atoms with Crippen molar-refractivity contribution in [1.82, 2.24) is 20.2 Å². The molecule has 0 saturated carbocycles. The Bertz CT molecular complexity index is 1210. The van der Waals surface area contributed by atoms with Gasteiger partial charge in [-0.1, -0.05) is 72.8 Å². The highest BCUT2D eigenvalue weighted by atomic mass is 16.5. The van der Waals surface area contributed by atoms with Gasteiger partial charge >= 0.3 is 0 Å². The number of H-pyrrole nitrogens is 1. The van der Waals surface area contributed by atoms with Gasteiger partial charge in [-0.25, -0.2) is 4.98 Å². The zero-order chi connectivity index (χ0) is 24.3. The standard InChI is InChI=1S/C30H34N4O/c1-22-28(33-29(32-22)25-16-10-11-17-26(25)35-3)30(2,34-20-18-31-19-21-34)27(23-12-6-4-7-13-23)24-14-8-5-9-15-24/h4-17,27,31H,18-21H2,1-3H3,(H,32,33). The summed E-state index contributed by atoms with van der Waals surface area (Å²) in [6.45, 7) is 8.38. The maximum atomic E-state index is 5.66. The largest absolute Gasteiger partial charge is 0.496 e. The van der Waals surface area contributed by atoms with Gasteiger partial charge in [-0.2, -0.15) is 0 Å². The Morgan fingerprint density at radius 3 is 2.03 bits per heavy atom. The van der Waals surface area contributed by atoms with Crippen molar-refractivity contribution in [3.63, 3.8) is 0 Å². The summed E-state index contributed by atoms with van der Waals surface area (Å²) in [6.07, 6.45) is 0. The van der Waals surface area contributed by atoms with Gasteiger partial charge in [0.15, 0.2) is 0 Å². The van der Waals surface area contributed by atoms with Crippen molar-refractivity contribution in [1.29, 1.82) is 0 Å². The number of aryl methyl sites for hydroxylation is 1. The van der Waals surface area contributed by atoms with Gasteiger partial charge in [0.25, 0.3) is 0 Å². The van der Waals surface area contributed by atoms with Crippen LogP contribution in [0.3, 0.4) is 0 Å². The molecule has 4 aromatic rings. The first-order valence-electron chi connectivity index (χ1n) is 12.4. The molecule has 3 aromatic carbocycles. The molecule has 0 radical (unpaired) electrons. The lowest BCUT2D eigenvalue weighted by Gasteiger charge is -2.48. The number of piperazine rings is 1. The molecule has 1 aliphatic heterocycles. The first-order chi connectivity index (χ1) is 17.1. The summed E-state index contributed by atoms with van der Waals surface area (Å²) >= 11 is 0. The molecule has 1 aliphatic rings. The molecule has 1 atom stereocenters. The minimum Gasteiger partial charge on any atom is -0.496 e. The number of nitrogens with zero attached hydrogens (tertiary/aromatic N) is 2. The van der Waals surface area contributed by atoms with Crippen LogP contribution in [0, 0.1) is 6.92 Å². The van der Waals surface area contributed by atoms with Gasteiger partial charge in [0.05, 0.1) is 23.9 Å². The summed E-state index contributed by atoms with van der Waals surface area (Å²) in [5.41, 5.74) is 5.36. The zero-order valence-corrected chi connectivity index (χ0v) is 20.8. The van der Waals surface area contributed by atoms with Crippen LogP contribution in [0.2, 0.25) is 0 Å². The Kier molecular flexibility index (Phi) is 6.71. The van der Waals surface area contributed by atoms with Gasteiger partial charge < -0.3 is 15.0 Å². The van der Waals surface area contributed by atoms with E-state index < -0.39 is 0 Å². The fraction of sp³-hybridized carbons (Fsp3) is 0.300. The van der Waals surface area contributed by atoms with Crippen LogP contribution in [0.15, 0.2) is 84.9 Å². The topological polar surface area (TPSA) is 53.2 Å². The minimum absolute atomic E-state index is 0.107. The monoisotopic (exact) mass is 466 g/mol. The predicted octanol–water partition coefficient (Wildman–Crippen LogP) is 5.35. The molecule has 1 fully saturated rings.